The van der Waals surface area contributed by atoms with Gasteiger partial charge in [-0.2, -0.15) is 5.10 Å². The van der Waals surface area contributed by atoms with Gasteiger partial charge < -0.3 is 0 Å². The molecule has 98 valence electrons. The summed E-state index contributed by atoms with van der Waals surface area (Å²) in [4.78, 5) is 2.68. The molecule has 0 spiro atoms. The number of hydrogen-bond acceptors (Lipinski definition) is 2. The third-order valence-corrected chi connectivity index (χ3v) is 4.59. The molecule has 1 aromatic heterocycles. The maximum absolute atomic E-state index is 5.96. The number of rotatable bonds is 4. The van der Waals surface area contributed by atoms with Gasteiger partial charge in [0.1, 0.15) is 0 Å². The van der Waals surface area contributed by atoms with Crippen LogP contribution in [0.15, 0.2) is 25.0 Å². The fourth-order valence-electron chi connectivity index (χ4n) is 3.58. The second kappa shape index (κ2) is 5.06. The minimum Gasteiger partial charge on any atom is -0.297 e. The van der Waals surface area contributed by atoms with E-state index in [9.17, 15) is 0 Å². The minimum absolute atomic E-state index is 0.537. The number of halogens is 1. The Hall–Kier alpha value is -0.800. The van der Waals surface area contributed by atoms with Crippen molar-refractivity contribution in [2.45, 2.75) is 50.2 Å². The minimum atomic E-state index is 0.537. The third kappa shape index (κ3) is 2.21. The average Bonchev–Trinajstić information content (AvgIpc) is 2.88. The Bertz CT molecular complexity index is 414. The first-order chi connectivity index (χ1) is 8.78. The number of hydrogen-bond donors (Lipinski definition) is 0. The molecule has 0 aromatic carbocycles. The van der Waals surface area contributed by atoms with Gasteiger partial charge in [-0.25, -0.2) is 0 Å². The zero-order valence-corrected chi connectivity index (χ0v) is 11.4. The standard InChI is InChI=1S/C14H20ClN3/c1-2-3-6-17-12-4-5-13(17)8-14(7-12)18-10-11(15)9-16-18/h2,9-10,12-14H,1,3-8H2. The van der Waals surface area contributed by atoms with Gasteiger partial charge in [-0.1, -0.05) is 17.7 Å². The molecule has 2 atom stereocenters. The fourth-order valence-corrected chi connectivity index (χ4v) is 3.73. The molecule has 1 aromatic rings. The second-order valence-electron chi connectivity index (χ2n) is 5.46. The molecule has 0 N–H and O–H groups in total. The summed E-state index contributed by atoms with van der Waals surface area (Å²) in [5, 5.41) is 5.12. The third-order valence-electron chi connectivity index (χ3n) is 4.39. The van der Waals surface area contributed by atoms with Gasteiger partial charge >= 0.3 is 0 Å². The Morgan fingerprint density at radius 3 is 2.61 bits per heavy atom. The molecule has 2 bridgehead atoms. The molecule has 0 radical (unpaired) electrons. The maximum Gasteiger partial charge on any atom is 0.0785 e. The molecular formula is C14H20ClN3. The average molecular weight is 266 g/mol. The zero-order chi connectivity index (χ0) is 12.5. The van der Waals surface area contributed by atoms with Crippen LogP contribution in [0.3, 0.4) is 0 Å². The smallest absolute Gasteiger partial charge is 0.0785 e. The van der Waals surface area contributed by atoms with E-state index in [4.69, 9.17) is 11.6 Å². The molecule has 2 aliphatic heterocycles. The lowest BCUT2D eigenvalue weighted by Gasteiger charge is -2.38. The summed E-state index contributed by atoms with van der Waals surface area (Å²) in [6, 6.07) is 2.00. The van der Waals surface area contributed by atoms with Crippen molar-refractivity contribution in [3.63, 3.8) is 0 Å². The highest BCUT2D eigenvalue weighted by atomic mass is 35.5. The molecule has 3 nitrogen and oxygen atoms in total. The molecule has 2 fully saturated rings. The molecular weight excluding hydrogens is 246 g/mol. The highest BCUT2D eigenvalue weighted by molar-refractivity contribution is 6.30. The van der Waals surface area contributed by atoms with Crippen LogP contribution in [0.25, 0.3) is 0 Å². The lowest BCUT2D eigenvalue weighted by molar-refractivity contribution is 0.104. The maximum atomic E-state index is 5.96. The monoisotopic (exact) mass is 265 g/mol. The normalized spacial score (nSPS) is 31.7. The Morgan fingerprint density at radius 2 is 2.06 bits per heavy atom. The SMILES string of the molecule is C=CCCN1C2CCC1CC(n1cc(Cl)cn1)C2. The van der Waals surface area contributed by atoms with Gasteiger partial charge in [0.05, 0.1) is 17.3 Å². The fraction of sp³-hybridized carbons (Fsp3) is 0.643. The predicted molar refractivity (Wildman–Crippen MR) is 73.8 cm³/mol. The van der Waals surface area contributed by atoms with Crippen molar-refractivity contribution in [2.75, 3.05) is 6.54 Å². The first-order valence-electron chi connectivity index (χ1n) is 6.84. The summed E-state index contributed by atoms with van der Waals surface area (Å²) in [5.41, 5.74) is 0. The van der Waals surface area contributed by atoms with Crippen molar-refractivity contribution in [2.24, 2.45) is 0 Å². The van der Waals surface area contributed by atoms with E-state index in [0.717, 1.165) is 23.5 Å². The number of nitrogens with zero attached hydrogens (tertiary/aromatic N) is 3. The summed E-state index contributed by atoms with van der Waals surface area (Å²) in [7, 11) is 0. The lowest BCUT2D eigenvalue weighted by Crippen LogP contribution is -2.43. The first kappa shape index (κ1) is 12.2. The lowest BCUT2D eigenvalue weighted by atomic mass is 9.97. The molecule has 3 heterocycles. The highest BCUT2D eigenvalue weighted by Gasteiger charge is 2.40. The van der Waals surface area contributed by atoms with Crippen LogP contribution < -0.4 is 0 Å². The van der Waals surface area contributed by atoms with E-state index < -0.39 is 0 Å². The van der Waals surface area contributed by atoms with E-state index >= 15 is 0 Å². The van der Waals surface area contributed by atoms with Gasteiger partial charge in [-0.05, 0) is 32.1 Å². The van der Waals surface area contributed by atoms with Crippen LogP contribution in [-0.2, 0) is 0 Å². The van der Waals surface area contributed by atoms with Gasteiger partial charge in [0.15, 0.2) is 0 Å². The topological polar surface area (TPSA) is 21.1 Å². The molecule has 3 rings (SSSR count). The van der Waals surface area contributed by atoms with E-state index in [-0.39, 0.29) is 0 Å². The quantitative estimate of drug-likeness (QED) is 0.779. The molecule has 0 saturated carbocycles. The van der Waals surface area contributed by atoms with Gasteiger partial charge in [-0.15, -0.1) is 6.58 Å². The van der Waals surface area contributed by atoms with Crippen molar-refractivity contribution >= 4 is 11.6 Å². The second-order valence-corrected chi connectivity index (χ2v) is 5.90. The van der Waals surface area contributed by atoms with E-state index in [1.807, 2.05) is 12.3 Å². The van der Waals surface area contributed by atoms with Gasteiger partial charge in [0.25, 0.3) is 0 Å². The molecule has 18 heavy (non-hydrogen) atoms. The summed E-state index contributed by atoms with van der Waals surface area (Å²) >= 11 is 5.96. The van der Waals surface area contributed by atoms with Crippen LogP contribution in [0.5, 0.6) is 0 Å². The number of aromatic nitrogens is 2. The summed E-state index contributed by atoms with van der Waals surface area (Å²) in [5.74, 6) is 0. The van der Waals surface area contributed by atoms with Crippen LogP contribution in [0.4, 0.5) is 0 Å². The molecule has 2 unspecified atom stereocenters. The molecule has 0 amide bonds. The van der Waals surface area contributed by atoms with Gasteiger partial charge in [0.2, 0.25) is 0 Å². The van der Waals surface area contributed by atoms with Crippen LogP contribution >= 0.6 is 11.6 Å². The van der Waals surface area contributed by atoms with E-state index in [1.165, 1.54) is 32.2 Å². The number of fused-ring (bicyclic) bond motifs is 2. The van der Waals surface area contributed by atoms with E-state index in [2.05, 4.69) is 21.3 Å². The van der Waals surface area contributed by atoms with Crippen LogP contribution in [0, 0.1) is 0 Å². The van der Waals surface area contributed by atoms with Crippen molar-refractivity contribution in [1.82, 2.24) is 14.7 Å². The van der Waals surface area contributed by atoms with Crippen LogP contribution in [0.2, 0.25) is 5.02 Å². The molecule has 2 saturated heterocycles. The highest BCUT2D eigenvalue weighted by Crippen LogP contribution is 2.40. The largest absolute Gasteiger partial charge is 0.297 e. The molecule has 0 aliphatic carbocycles. The van der Waals surface area contributed by atoms with Crippen LogP contribution in [-0.4, -0.2) is 33.3 Å². The Labute approximate surface area is 113 Å². The zero-order valence-electron chi connectivity index (χ0n) is 10.6. The van der Waals surface area contributed by atoms with Crippen molar-refractivity contribution in [1.29, 1.82) is 0 Å². The Kier molecular flexibility index (Phi) is 3.44. The van der Waals surface area contributed by atoms with Gasteiger partial charge in [0, 0.05) is 24.8 Å². The summed E-state index contributed by atoms with van der Waals surface area (Å²) in [6.07, 6.45) is 11.9. The Balaban J connectivity index is 1.69. The predicted octanol–water partition coefficient (Wildman–Crippen LogP) is 3.28. The first-order valence-corrected chi connectivity index (χ1v) is 7.22. The van der Waals surface area contributed by atoms with E-state index in [0.29, 0.717) is 6.04 Å². The summed E-state index contributed by atoms with van der Waals surface area (Å²) < 4.78 is 2.07. The Morgan fingerprint density at radius 1 is 1.33 bits per heavy atom. The summed E-state index contributed by atoms with van der Waals surface area (Å²) in [6.45, 7) is 5.00. The van der Waals surface area contributed by atoms with Gasteiger partial charge in [-0.3, -0.25) is 9.58 Å². The molecule has 2 aliphatic rings. The van der Waals surface area contributed by atoms with Crippen molar-refractivity contribution < 1.29 is 0 Å². The van der Waals surface area contributed by atoms with Crippen LogP contribution in [0.1, 0.15) is 38.1 Å². The number of piperidine rings is 1. The molecule has 4 heteroatoms. The van der Waals surface area contributed by atoms with Crippen molar-refractivity contribution in [3.05, 3.63) is 30.1 Å². The van der Waals surface area contributed by atoms with Crippen molar-refractivity contribution in [3.8, 4) is 0 Å². The van der Waals surface area contributed by atoms with E-state index in [1.54, 1.807) is 6.20 Å².